The van der Waals surface area contributed by atoms with E-state index < -0.39 is 0 Å². The molecule has 7 heteroatoms. The lowest BCUT2D eigenvalue weighted by atomic mass is 10.0. The zero-order valence-electron chi connectivity index (χ0n) is 19.3. The molecular weight excluding hydrogens is 402 g/mol. The molecule has 0 bridgehead atoms. The SMILES string of the molecule is CCCCN(CCC(=O)NC1CCN(Cc2ccccc2)CC1)C(=O)c1cnc(C)cn1. The Bertz CT molecular complexity index is 848. The van der Waals surface area contributed by atoms with E-state index in [1.807, 2.05) is 13.0 Å². The van der Waals surface area contributed by atoms with E-state index in [9.17, 15) is 9.59 Å². The Labute approximate surface area is 191 Å². The quantitative estimate of drug-likeness (QED) is 0.618. The fraction of sp³-hybridized carbons (Fsp3) is 0.520. The van der Waals surface area contributed by atoms with Crippen molar-refractivity contribution in [1.82, 2.24) is 25.1 Å². The summed E-state index contributed by atoms with van der Waals surface area (Å²) in [6.45, 7) is 7.86. The van der Waals surface area contributed by atoms with Crippen molar-refractivity contribution in [3.63, 3.8) is 0 Å². The lowest BCUT2D eigenvalue weighted by Gasteiger charge is -2.32. The Morgan fingerprint density at radius 3 is 2.50 bits per heavy atom. The minimum atomic E-state index is -0.159. The third kappa shape index (κ3) is 7.41. The number of carbonyl (C=O) groups excluding carboxylic acids is 2. The summed E-state index contributed by atoms with van der Waals surface area (Å²) in [5.41, 5.74) is 2.43. The molecule has 0 atom stereocenters. The number of rotatable bonds is 10. The molecule has 172 valence electrons. The standard InChI is InChI=1S/C25H35N5O2/c1-3-4-13-30(25(32)23-18-26-20(2)17-27-23)16-12-24(31)28-22-10-14-29(15-11-22)19-21-8-6-5-7-9-21/h5-9,17-18,22H,3-4,10-16,19H2,1-2H3,(H,28,31). The summed E-state index contributed by atoms with van der Waals surface area (Å²) < 4.78 is 0. The third-order valence-electron chi connectivity index (χ3n) is 5.88. The van der Waals surface area contributed by atoms with Gasteiger partial charge in [0.25, 0.3) is 5.91 Å². The number of benzene rings is 1. The first-order chi connectivity index (χ1) is 15.5. The number of hydrogen-bond acceptors (Lipinski definition) is 5. The molecule has 0 unspecified atom stereocenters. The van der Waals surface area contributed by atoms with E-state index in [1.54, 1.807) is 11.1 Å². The molecule has 1 saturated heterocycles. The second-order valence-electron chi connectivity index (χ2n) is 8.54. The molecule has 1 aliphatic rings. The van der Waals surface area contributed by atoms with Crippen molar-refractivity contribution in [2.45, 2.75) is 58.5 Å². The molecule has 1 aromatic heterocycles. The van der Waals surface area contributed by atoms with Crippen LogP contribution in [-0.2, 0) is 11.3 Å². The molecule has 2 heterocycles. The van der Waals surface area contributed by atoms with Crippen molar-refractivity contribution in [1.29, 1.82) is 0 Å². The average molecular weight is 438 g/mol. The van der Waals surface area contributed by atoms with Crippen LogP contribution in [0.5, 0.6) is 0 Å². The van der Waals surface area contributed by atoms with Crippen molar-refractivity contribution in [3.05, 3.63) is 59.7 Å². The van der Waals surface area contributed by atoms with Gasteiger partial charge in [0.15, 0.2) is 0 Å². The lowest BCUT2D eigenvalue weighted by Crippen LogP contribution is -2.45. The molecular formula is C25H35N5O2. The molecule has 1 aliphatic heterocycles. The predicted molar refractivity (Wildman–Crippen MR) is 125 cm³/mol. The van der Waals surface area contributed by atoms with Crippen LogP contribution >= 0.6 is 0 Å². The molecule has 32 heavy (non-hydrogen) atoms. The number of aryl methyl sites for hydroxylation is 1. The molecule has 1 fully saturated rings. The molecule has 1 aromatic carbocycles. The summed E-state index contributed by atoms with van der Waals surface area (Å²) in [5, 5.41) is 3.17. The smallest absolute Gasteiger partial charge is 0.274 e. The van der Waals surface area contributed by atoms with E-state index in [-0.39, 0.29) is 17.9 Å². The highest BCUT2D eigenvalue weighted by Crippen LogP contribution is 2.14. The van der Waals surface area contributed by atoms with E-state index in [0.29, 0.717) is 25.2 Å². The first-order valence-corrected chi connectivity index (χ1v) is 11.7. The number of nitrogens with zero attached hydrogens (tertiary/aromatic N) is 4. The molecule has 3 rings (SSSR count). The summed E-state index contributed by atoms with van der Waals surface area (Å²) in [7, 11) is 0. The maximum Gasteiger partial charge on any atom is 0.274 e. The highest BCUT2D eigenvalue weighted by Gasteiger charge is 2.22. The fourth-order valence-corrected chi connectivity index (χ4v) is 3.94. The van der Waals surface area contributed by atoms with E-state index in [2.05, 4.69) is 51.4 Å². The first kappa shape index (κ1) is 23.9. The van der Waals surface area contributed by atoms with Crippen LogP contribution in [0.3, 0.4) is 0 Å². The van der Waals surface area contributed by atoms with Crippen LogP contribution in [0.4, 0.5) is 0 Å². The van der Waals surface area contributed by atoms with Gasteiger partial charge in [0.05, 0.1) is 11.9 Å². The number of piperidine rings is 1. The summed E-state index contributed by atoms with van der Waals surface area (Å²) in [6.07, 6.45) is 7.20. The molecule has 0 spiro atoms. The number of likely N-dealkylation sites (tertiary alicyclic amines) is 1. The number of hydrogen-bond donors (Lipinski definition) is 1. The van der Waals surface area contributed by atoms with E-state index in [4.69, 9.17) is 0 Å². The van der Waals surface area contributed by atoms with E-state index >= 15 is 0 Å². The fourth-order valence-electron chi connectivity index (χ4n) is 3.94. The van der Waals surface area contributed by atoms with Gasteiger partial charge in [0.1, 0.15) is 5.69 Å². The van der Waals surface area contributed by atoms with Crippen LogP contribution in [0.1, 0.15) is 60.8 Å². The van der Waals surface area contributed by atoms with Crippen LogP contribution in [0.15, 0.2) is 42.7 Å². The Balaban J connectivity index is 1.43. The largest absolute Gasteiger partial charge is 0.353 e. The van der Waals surface area contributed by atoms with Crippen LogP contribution < -0.4 is 5.32 Å². The number of carbonyl (C=O) groups is 2. The van der Waals surface area contributed by atoms with Crippen molar-refractivity contribution < 1.29 is 9.59 Å². The Morgan fingerprint density at radius 1 is 1.09 bits per heavy atom. The van der Waals surface area contributed by atoms with E-state index in [1.165, 1.54) is 11.8 Å². The van der Waals surface area contributed by atoms with Crippen molar-refractivity contribution in [3.8, 4) is 0 Å². The van der Waals surface area contributed by atoms with E-state index in [0.717, 1.165) is 51.0 Å². The minimum absolute atomic E-state index is 0.01000. The second kappa shape index (κ2) is 12.3. The number of aromatic nitrogens is 2. The Hall–Kier alpha value is -2.80. The number of amides is 2. The van der Waals surface area contributed by atoms with Gasteiger partial charge in [-0.1, -0.05) is 43.7 Å². The third-order valence-corrected chi connectivity index (χ3v) is 5.88. The van der Waals surface area contributed by atoms with Gasteiger partial charge in [0.2, 0.25) is 5.91 Å². The maximum absolute atomic E-state index is 12.8. The second-order valence-corrected chi connectivity index (χ2v) is 8.54. The molecule has 0 radical (unpaired) electrons. The van der Waals surface area contributed by atoms with Crippen molar-refractivity contribution in [2.24, 2.45) is 0 Å². The maximum atomic E-state index is 12.8. The van der Waals surface area contributed by atoms with Gasteiger partial charge in [0, 0.05) is 51.4 Å². The molecule has 1 N–H and O–H groups in total. The Kier molecular flexibility index (Phi) is 9.16. The van der Waals surface area contributed by atoms with Gasteiger partial charge in [-0.05, 0) is 31.7 Å². The molecule has 0 saturated carbocycles. The zero-order valence-corrected chi connectivity index (χ0v) is 19.3. The topological polar surface area (TPSA) is 78.4 Å². The van der Waals surface area contributed by atoms with Crippen LogP contribution in [-0.4, -0.2) is 63.8 Å². The van der Waals surface area contributed by atoms with Gasteiger partial charge in [-0.2, -0.15) is 0 Å². The van der Waals surface area contributed by atoms with Gasteiger partial charge in [-0.15, -0.1) is 0 Å². The number of unbranched alkanes of at least 4 members (excludes halogenated alkanes) is 1. The molecule has 7 nitrogen and oxygen atoms in total. The van der Waals surface area contributed by atoms with Gasteiger partial charge in [-0.25, -0.2) is 4.98 Å². The monoisotopic (exact) mass is 437 g/mol. The zero-order chi connectivity index (χ0) is 22.8. The summed E-state index contributed by atoms with van der Waals surface area (Å²) >= 11 is 0. The minimum Gasteiger partial charge on any atom is -0.353 e. The highest BCUT2D eigenvalue weighted by atomic mass is 16.2. The Morgan fingerprint density at radius 2 is 1.84 bits per heavy atom. The van der Waals surface area contributed by atoms with Gasteiger partial charge in [-0.3, -0.25) is 19.5 Å². The van der Waals surface area contributed by atoms with Crippen LogP contribution in [0.25, 0.3) is 0 Å². The normalized spacial score (nSPS) is 14.8. The average Bonchev–Trinajstić information content (AvgIpc) is 2.81. The summed E-state index contributed by atoms with van der Waals surface area (Å²) in [6, 6.07) is 10.7. The number of nitrogens with one attached hydrogen (secondary N) is 1. The summed E-state index contributed by atoms with van der Waals surface area (Å²) in [4.78, 5) is 38.0. The predicted octanol–water partition coefficient (Wildman–Crippen LogP) is 3.20. The molecule has 2 aromatic rings. The summed E-state index contributed by atoms with van der Waals surface area (Å²) in [5.74, 6) is -0.149. The van der Waals surface area contributed by atoms with Crippen LogP contribution in [0, 0.1) is 6.92 Å². The van der Waals surface area contributed by atoms with Gasteiger partial charge >= 0.3 is 0 Å². The van der Waals surface area contributed by atoms with Crippen molar-refractivity contribution >= 4 is 11.8 Å². The highest BCUT2D eigenvalue weighted by molar-refractivity contribution is 5.92. The van der Waals surface area contributed by atoms with Gasteiger partial charge < -0.3 is 10.2 Å². The molecule has 0 aliphatic carbocycles. The van der Waals surface area contributed by atoms with Crippen LogP contribution in [0.2, 0.25) is 0 Å². The lowest BCUT2D eigenvalue weighted by molar-refractivity contribution is -0.122. The van der Waals surface area contributed by atoms with Crippen molar-refractivity contribution in [2.75, 3.05) is 26.2 Å². The molecule has 2 amide bonds. The first-order valence-electron chi connectivity index (χ1n) is 11.7.